The molecule has 2 rings (SSSR count). The first-order chi connectivity index (χ1) is 8.92. The van der Waals surface area contributed by atoms with Crippen molar-refractivity contribution < 1.29 is 18.3 Å². The Labute approximate surface area is 114 Å². The summed E-state index contributed by atoms with van der Waals surface area (Å²) in [6.07, 6.45) is 5.13. The van der Waals surface area contributed by atoms with Crippen molar-refractivity contribution in [1.82, 2.24) is 9.03 Å². The third-order valence-electron chi connectivity index (χ3n) is 4.24. The van der Waals surface area contributed by atoms with Gasteiger partial charge in [-0.25, -0.2) is 0 Å². The zero-order valence-electron chi connectivity index (χ0n) is 11.2. The summed E-state index contributed by atoms with van der Waals surface area (Å²) in [7, 11) is -3.70. The highest BCUT2D eigenvalue weighted by Gasteiger charge is 2.38. The quantitative estimate of drug-likeness (QED) is 0.789. The first kappa shape index (κ1) is 14.7. The molecule has 110 valence electrons. The molecule has 1 saturated heterocycles. The minimum Gasteiger partial charge on any atom is -0.480 e. The van der Waals surface area contributed by atoms with E-state index in [-0.39, 0.29) is 6.04 Å². The summed E-state index contributed by atoms with van der Waals surface area (Å²) in [5.74, 6) is -0.663. The van der Waals surface area contributed by atoms with Crippen molar-refractivity contribution in [3.63, 3.8) is 0 Å². The second kappa shape index (κ2) is 5.76. The van der Waals surface area contributed by atoms with Crippen molar-refractivity contribution in [2.24, 2.45) is 5.92 Å². The summed E-state index contributed by atoms with van der Waals surface area (Å²) < 4.78 is 28.4. The van der Waals surface area contributed by atoms with E-state index < -0.39 is 22.2 Å². The van der Waals surface area contributed by atoms with Gasteiger partial charge in [0.25, 0.3) is 10.2 Å². The molecular formula is C12H22N2O4S. The van der Waals surface area contributed by atoms with Crippen molar-refractivity contribution in [2.45, 2.75) is 57.5 Å². The fourth-order valence-corrected chi connectivity index (χ4v) is 4.48. The van der Waals surface area contributed by atoms with Gasteiger partial charge in [0.05, 0.1) is 0 Å². The number of nitrogens with zero attached hydrogens (tertiary/aromatic N) is 1. The van der Waals surface area contributed by atoms with Gasteiger partial charge < -0.3 is 5.11 Å². The van der Waals surface area contributed by atoms with Gasteiger partial charge in [-0.15, -0.1) is 0 Å². The summed E-state index contributed by atoms with van der Waals surface area (Å²) in [5, 5.41) is 9.14. The monoisotopic (exact) mass is 290 g/mol. The lowest BCUT2D eigenvalue weighted by Gasteiger charge is -2.36. The lowest BCUT2D eigenvalue weighted by Crippen LogP contribution is -2.55. The minimum absolute atomic E-state index is 0.116. The fourth-order valence-electron chi connectivity index (χ4n) is 2.78. The van der Waals surface area contributed by atoms with Crippen LogP contribution in [-0.4, -0.2) is 42.4 Å². The number of rotatable bonds is 5. The molecule has 1 aliphatic carbocycles. The molecule has 1 heterocycles. The first-order valence-electron chi connectivity index (χ1n) is 6.93. The molecule has 7 heteroatoms. The molecule has 0 bridgehead atoms. The largest absolute Gasteiger partial charge is 0.480 e. The highest BCUT2D eigenvalue weighted by Crippen LogP contribution is 2.30. The maximum atomic E-state index is 12.3. The van der Waals surface area contributed by atoms with E-state index in [0.717, 1.165) is 36.4 Å². The van der Waals surface area contributed by atoms with E-state index in [4.69, 9.17) is 5.11 Å². The Hall–Kier alpha value is -0.660. The number of hydrogen-bond donors (Lipinski definition) is 2. The van der Waals surface area contributed by atoms with Crippen LogP contribution in [0.15, 0.2) is 0 Å². The SMILES string of the molecule is CC(NS(=O)(=O)N1CCCCC1C(=O)O)C1CCC1. The van der Waals surface area contributed by atoms with E-state index in [1.54, 1.807) is 0 Å². The average molecular weight is 290 g/mol. The van der Waals surface area contributed by atoms with E-state index in [0.29, 0.717) is 18.9 Å². The molecule has 2 N–H and O–H groups in total. The lowest BCUT2D eigenvalue weighted by atomic mass is 9.81. The molecule has 0 aromatic carbocycles. The molecule has 19 heavy (non-hydrogen) atoms. The first-order valence-corrected chi connectivity index (χ1v) is 8.38. The molecule has 6 nitrogen and oxygen atoms in total. The van der Waals surface area contributed by atoms with Gasteiger partial charge in [-0.3, -0.25) is 4.79 Å². The number of carboxylic acid groups (broad SMARTS) is 1. The Balaban J connectivity index is 2.05. The average Bonchev–Trinajstić information content (AvgIpc) is 2.25. The second-order valence-electron chi connectivity index (χ2n) is 5.56. The van der Waals surface area contributed by atoms with Gasteiger partial charge in [0, 0.05) is 12.6 Å². The van der Waals surface area contributed by atoms with Gasteiger partial charge in [0.15, 0.2) is 0 Å². The minimum atomic E-state index is -3.70. The molecule has 1 aliphatic heterocycles. The van der Waals surface area contributed by atoms with Crippen LogP contribution in [0.25, 0.3) is 0 Å². The van der Waals surface area contributed by atoms with E-state index in [1.165, 1.54) is 0 Å². The molecule has 0 radical (unpaired) electrons. The third kappa shape index (κ3) is 3.27. The van der Waals surface area contributed by atoms with Crippen LogP contribution >= 0.6 is 0 Å². The molecular weight excluding hydrogens is 268 g/mol. The van der Waals surface area contributed by atoms with Gasteiger partial charge >= 0.3 is 5.97 Å². The molecule has 2 fully saturated rings. The summed E-state index contributed by atoms with van der Waals surface area (Å²) in [5.41, 5.74) is 0. The van der Waals surface area contributed by atoms with Crippen molar-refractivity contribution >= 4 is 16.2 Å². The smallest absolute Gasteiger partial charge is 0.322 e. The molecule has 0 spiro atoms. The Morgan fingerprint density at radius 2 is 1.95 bits per heavy atom. The van der Waals surface area contributed by atoms with Crippen molar-refractivity contribution in [1.29, 1.82) is 0 Å². The Kier molecular flexibility index (Phi) is 4.47. The number of piperidine rings is 1. The van der Waals surface area contributed by atoms with Crippen LogP contribution in [0.1, 0.15) is 45.4 Å². The highest BCUT2D eigenvalue weighted by molar-refractivity contribution is 7.87. The van der Waals surface area contributed by atoms with Gasteiger partial charge in [-0.2, -0.15) is 17.4 Å². The van der Waals surface area contributed by atoms with E-state index in [9.17, 15) is 13.2 Å². The normalized spacial score (nSPS) is 27.7. The molecule has 0 amide bonds. The standard InChI is InChI=1S/C12H22N2O4S/c1-9(10-5-4-6-10)13-19(17,18)14-8-3-2-7-11(14)12(15)16/h9-11,13H,2-8H2,1H3,(H,15,16). The molecule has 2 atom stereocenters. The van der Waals surface area contributed by atoms with Crippen LogP contribution < -0.4 is 4.72 Å². The van der Waals surface area contributed by atoms with Gasteiger partial charge in [0.1, 0.15) is 6.04 Å². The van der Waals surface area contributed by atoms with Crippen molar-refractivity contribution in [3.8, 4) is 0 Å². The van der Waals surface area contributed by atoms with Crippen LogP contribution in [0, 0.1) is 5.92 Å². The Morgan fingerprint density at radius 1 is 1.26 bits per heavy atom. The molecule has 2 aliphatic rings. The van der Waals surface area contributed by atoms with Gasteiger partial charge in [-0.1, -0.05) is 6.42 Å². The van der Waals surface area contributed by atoms with Crippen LogP contribution in [0.5, 0.6) is 0 Å². The van der Waals surface area contributed by atoms with Gasteiger partial charge in [0.2, 0.25) is 0 Å². The van der Waals surface area contributed by atoms with E-state index >= 15 is 0 Å². The van der Waals surface area contributed by atoms with Crippen LogP contribution in [0.4, 0.5) is 0 Å². The molecule has 1 saturated carbocycles. The number of aliphatic carboxylic acids is 1. The third-order valence-corrected chi connectivity index (χ3v) is 5.96. The van der Waals surface area contributed by atoms with E-state index in [1.807, 2.05) is 6.92 Å². The zero-order valence-corrected chi connectivity index (χ0v) is 12.0. The lowest BCUT2D eigenvalue weighted by molar-refractivity contribution is -0.142. The predicted molar refractivity (Wildman–Crippen MR) is 70.8 cm³/mol. The number of carboxylic acids is 1. The maximum Gasteiger partial charge on any atom is 0.322 e. The molecule has 0 aromatic rings. The summed E-state index contributed by atoms with van der Waals surface area (Å²) in [6, 6.07) is -1.03. The zero-order chi connectivity index (χ0) is 14.0. The Bertz CT molecular complexity index is 433. The predicted octanol–water partition coefficient (Wildman–Crippen LogP) is 0.948. The van der Waals surface area contributed by atoms with Crippen LogP contribution in [-0.2, 0) is 15.0 Å². The fraction of sp³-hybridized carbons (Fsp3) is 0.917. The molecule has 2 unspecified atom stereocenters. The maximum absolute atomic E-state index is 12.3. The van der Waals surface area contributed by atoms with Crippen LogP contribution in [0.3, 0.4) is 0 Å². The van der Waals surface area contributed by atoms with Crippen LogP contribution in [0.2, 0.25) is 0 Å². The van der Waals surface area contributed by atoms with Crippen molar-refractivity contribution in [2.75, 3.05) is 6.54 Å². The number of hydrogen-bond acceptors (Lipinski definition) is 3. The summed E-state index contributed by atoms with van der Waals surface area (Å²) in [6.45, 7) is 2.16. The Morgan fingerprint density at radius 3 is 2.47 bits per heavy atom. The number of nitrogens with one attached hydrogen (secondary N) is 1. The highest BCUT2D eigenvalue weighted by atomic mass is 32.2. The van der Waals surface area contributed by atoms with E-state index in [2.05, 4.69) is 4.72 Å². The number of carbonyl (C=O) groups is 1. The summed E-state index contributed by atoms with van der Waals surface area (Å²) in [4.78, 5) is 11.2. The molecule has 0 aromatic heterocycles. The summed E-state index contributed by atoms with van der Waals surface area (Å²) >= 11 is 0. The topological polar surface area (TPSA) is 86.7 Å². The van der Waals surface area contributed by atoms with Crippen molar-refractivity contribution in [3.05, 3.63) is 0 Å². The van der Waals surface area contributed by atoms with Gasteiger partial charge in [-0.05, 0) is 44.9 Å². The second-order valence-corrected chi connectivity index (χ2v) is 7.22.